The molecule has 0 heterocycles. The van der Waals surface area contributed by atoms with Gasteiger partial charge in [-0.15, -0.1) is 0 Å². The second kappa shape index (κ2) is 7.62. The van der Waals surface area contributed by atoms with Crippen LogP contribution in [0.3, 0.4) is 0 Å². The molecule has 1 N–H and O–H groups in total. The minimum Gasteiger partial charge on any atom is -0.465 e. The summed E-state index contributed by atoms with van der Waals surface area (Å²) in [6.45, 7) is 5.58. The molecule has 0 fully saturated rings. The minimum atomic E-state index is -3.36. The Morgan fingerprint density at radius 1 is 1.31 bits per heavy atom. The van der Waals surface area contributed by atoms with Gasteiger partial charge in [0, 0.05) is 0 Å². The van der Waals surface area contributed by atoms with Crippen molar-refractivity contribution in [1.29, 1.82) is 0 Å². The largest absolute Gasteiger partial charge is 0.465 e. The summed E-state index contributed by atoms with van der Waals surface area (Å²) < 4.78 is 29.9. The third-order valence-electron chi connectivity index (χ3n) is 1.92. The topological polar surface area (TPSA) is 72.5 Å². The summed E-state index contributed by atoms with van der Waals surface area (Å²) in [5.74, 6) is -0.493. The Morgan fingerprint density at radius 3 is 2.44 bits per heavy atom. The fourth-order valence-electron chi connectivity index (χ4n) is 1.09. The van der Waals surface area contributed by atoms with Crippen LogP contribution in [0.2, 0.25) is 0 Å². The zero-order chi connectivity index (χ0) is 12.6. The van der Waals surface area contributed by atoms with Gasteiger partial charge in [0.2, 0.25) is 10.0 Å². The van der Waals surface area contributed by atoms with Gasteiger partial charge in [0.1, 0.15) is 6.04 Å². The SMILES string of the molecule is CCCCOC(=O)C(C)NS(=O)(=O)CCC. The molecule has 0 aromatic rings. The molecular weight excluding hydrogens is 230 g/mol. The molecule has 0 spiro atoms. The Bertz CT molecular complexity index is 300. The number of unbranched alkanes of at least 4 members (excludes halogenated alkanes) is 1. The van der Waals surface area contributed by atoms with Crippen molar-refractivity contribution in [2.45, 2.75) is 46.1 Å². The fraction of sp³-hybridized carbons (Fsp3) is 0.900. The highest BCUT2D eigenvalue weighted by atomic mass is 32.2. The minimum absolute atomic E-state index is 0.0274. The molecule has 0 aromatic carbocycles. The quantitative estimate of drug-likeness (QED) is 0.517. The average Bonchev–Trinajstić information content (AvgIpc) is 2.16. The third kappa shape index (κ3) is 6.79. The van der Waals surface area contributed by atoms with Crippen molar-refractivity contribution < 1.29 is 17.9 Å². The van der Waals surface area contributed by atoms with Crippen LogP contribution in [0.1, 0.15) is 40.0 Å². The molecule has 0 aromatic heterocycles. The molecule has 0 amide bonds. The van der Waals surface area contributed by atoms with E-state index in [1.807, 2.05) is 6.92 Å². The first kappa shape index (κ1) is 15.4. The summed E-state index contributed by atoms with van der Waals surface area (Å²) in [6.07, 6.45) is 2.25. The number of nitrogens with one attached hydrogen (secondary N) is 1. The van der Waals surface area contributed by atoms with Crippen molar-refractivity contribution in [3.05, 3.63) is 0 Å². The highest BCUT2D eigenvalue weighted by molar-refractivity contribution is 7.89. The molecule has 0 aliphatic carbocycles. The van der Waals surface area contributed by atoms with Crippen LogP contribution in [0.4, 0.5) is 0 Å². The second-order valence-electron chi connectivity index (χ2n) is 3.68. The molecule has 6 heteroatoms. The average molecular weight is 251 g/mol. The number of carbonyl (C=O) groups is 1. The highest BCUT2D eigenvalue weighted by Crippen LogP contribution is 1.96. The zero-order valence-corrected chi connectivity index (χ0v) is 11.0. The molecule has 16 heavy (non-hydrogen) atoms. The maximum Gasteiger partial charge on any atom is 0.323 e. The van der Waals surface area contributed by atoms with E-state index in [9.17, 15) is 13.2 Å². The van der Waals surface area contributed by atoms with Crippen molar-refractivity contribution >= 4 is 16.0 Å². The highest BCUT2D eigenvalue weighted by Gasteiger charge is 2.20. The van der Waals surface area contributed by atoms with Crippen molar-refractivity contribution in [1.82, 2.24) is 4.72 Å². The first-order valence-corrected chi connectivity index (χ1v) is 7.24. The number of carbonyl (C=O) groups excluding carboxylic acids is 1. The van der Waals surface area contributed by atoms with Crippen LogP contribution < -0.4 is 4.72 Å². The van der Waals surface area contributed by atoms with Crippen LogP contribution in [0.25, 0.3) is 0 Å². The van der Waals surface area contributed by atoms with E-state index in [4.69, 9.17) is 4.74 Å². The molecule has 0 bridgehead atoms. The summed E-state index contributed by atoms with van der Waals surface area (Å²) in [6, 6.07) is -0.812. The molecule has 0 aliphatic rings. The maximum atomic E-state index is 11.4. The molecule has 0 saturated carbocycles. The Hall–Kier alpha value is -0.620. The van der Waals surface area contributed by atoms with Gasteiger partial charge in [-0.2, -0.15) is 0 Å². The Labute approximate surface area is 97.6 Å². The Kier molecular flexibility index (Phi) is 7.33. The standard InChI is InChI=1S/C10H21NO4S/c1-4-6-7-15-10(12)9(3)11-16(13,14)8-5-2/h9,11H,4-8H2,1-3H3. The summed E-state index contributed by atoms with van der Waals surface area (Å²) >= 11 is 0. The van der Waals surface area contributed by atoms with E-state index in [2.05, 4.69) is 4.72 Å². The number of rotatable bonds is 8. The van der Waals surface area contributed by atoms with Gasteiger partial charge in [-0.1, -0.05) is 20.3 Å². The maximum absolute atomic E-state index is 11.4. The van der Waals surface area contributed by atoms with E-state index in [0.29, 0.717) is 13.0 Å². The van der Waals surface area contributed by atoms with Gasteiger partial charge in [0.15, 0.2) is 0 Å². The summed E-state index contributed by atoms with van der Waals surface area (Å²) in [5, 5.41) is 0. The number of esters is 1. The first-order valence-electron chi connectivity index (χ1n) is 5.59. The molecule has 0 rings (SSSR count). The van der Waals surface area contributed by atoms with Crippen molar-refractivity contribution in [2.24, 2.45) is 0 Å². The monoisotopic (exact) mass is 251 g/mol. The summed E-state index contributed by atoms with van der Waals surface area (Å²) in [4.78, 5) is 11.4. The molecule has 96 valence electrons. The Morgan fingerprint density at radius 2 is 1.94 bits per heavy atom. The van der Waals surface area contributed by atoms with Gasteiger partial charge >= 0.3 is 5.97 Å². The van der Waals surface area contributed by atoms with E-state index in [-0.39, 0.29) is 5.75 Å². The van der Waals surface area contributed by atoms with Crippen LogP contribution in [-0.4, -0.2) is 32.8 Å². The van der Waals surface area contributed by atoms with Crippen molar-refractivity contribution in [3.8, 4) is 0 Å². The lowest BCUT2D eigenvalue weighted by Gasteiger charge is -2.13. The number of hydrogen-bond acceptors (Lipinski definition) is 4. The van der Waals surface area contributed by atoms with E-state index in [0.717, 1.165) is 12.8 Å². The van der Waals surface area contributed by atoms with Crippen LogP contribution in [0, 0.1) is 0 Å². The lowest BCUT2D eigenvalue weighted by atomic mass is 10.3. The van der Waals surface area contributed by atoms with Crippen molar-refractivity contribution in [2.75, 3.05) is 12.4 Å². The summed E-state index contributed by atoms with van der Waals surface area (Å²) in [7, 11) is -3.36. The lowest BCUT2D eigenvalue weighted by molar-refractivity contribution is -0.145. The molecule has 1 atom stereocenters. The molecule has 5 nitrogen and oxygen atoms in total. The second-order valence-corrected chi connectivity index (χ2v) is 5.55. The van der Waals surface area contributed by atoms with Gasteiger partial charge in [0.25, 0.3) is 0 Å². The predicted octanol–water partition coefficient (Wildman–Crippen LogP) is 1.05. The number of ether oxygens (including phenoxy) is 1. The summed E-state index contributed by atoms with van der Waals surface area (Å²) in [5.41, 5.74) is 0. The van der Waals surface area contributed by atoms with E-state index >= 15 is 0 Å². The molecule has 0 radical (unpaired) electrons. The van der Waals surface area contributed by atoms with Crippen LogP contribution in [0.5, 0.6) is 0 Å². The van der Waals surface area contributed by atoms with Gasteiger partial charge in [-0.3, -0.25) is 4.79 Å². The van der Waals surface area contributed by atoms with Gasteiger partial charge in [-0.05, 0) is 19.8 Å². The molecule has 0 saturated heterocycles. The Balaban J connectivity index is 4.05. The number of hydrogen-bond donors (Lipinski definition) is 1. The van der Waals surface area contributed by atoms with Crippen LogP contribution >= 0.6 is 0 Å². The smallest absolute Gasteiger partial charge is 0.323 e. The van der Waals surface area contributed by atoms with Gasteiger partial charge < -0.3 is 4.74 Å². The molecular formula is C10H21NO4S. The third-order valence-corrected chi connectivity index (χ3v) is 3.58. The van der Waals surface area contributed by atoms with Gasteiger partial charge in [0.05, 0.1) is 12.4 Å². The predicted molar refractivity (Wildman–Crippen MR) is 62.5 cm³/mol. The van der Waals surface area contributed by atoms with E-state index < -0.39 is 22.0 Å². The normalized spacial score (nSPS) is 13.4. The first-order chi connectivity index (χ1) is 7.43. The number of sulfonamides is 1. The van der Waals surface area contributed by atoms with Crippen LogP contribution in [0.15, 0.2) is 0 Å². The van der Waals surface area contributed by atoms with Crippen molar-refractivity contribution in [3.63, 3.8) is 0 Å². The van der Waals surface area contributed by atoms with Gasteiger partial charge in [-0.25, -0.2) is 13.1 Å². The van der Waals surface area contributed by atoms with Crippen LogP contribution in [-0.2, 0) is 19.6 Å². The lowest BCUT2D eigenvalue weighted by Crippen LogP contribution is -2.40. The molecule has 0 aliphatic heterocycles. The van der Waals surface area contributed by atoms with E-state index in [1.165, 1.54) is 6.92 Å². The molecule has 1 unspecified atom stereocenters. The van der Waals surface area contributed by atoms with E-state index in [1.54, 1.807) is 6.92 Å². The fourth-order valence-corrected chi connectivity index (χ4v) is 2.38. The zero-order valence-electron chi connectivity index (χ0n) is 10.2.